The average molecular weight is 259 g/mol. The van der Waals surface area contributed by atoms with Crippen LogP contribution in [0.4, 0.5) is 0 Å². The van der Waals surface area contributed by atoms with Gasteiger partial charge in [0.05, 0.1) is 0 Å². The third-order valence-corrected chi connectivity index (χ3v) is 2.05. The van der Waals surface area contributed by atoms with E-state index in [0.29, 0.717) is 16.9 Å². The molecule has 0 saturated carbocycles. The Bertz CT molecular complexity index is 317. The third-order valence-electron chi connectivity index (χ3n) is 1.46. The Labute approximate surface area is 90.8 Å². The molecule has 76 valence electrons. The van der Waals surface area contributed by atoms with Crippen LogP contribution in [0, 0.1) is 0 Å². The molecule has 0 aliphatic heterocycles. The summed E-state index contributed by atoms with van der Waals surface area (Å²) >= 11 is 3.22. The van der Waals surface area contributed by atoms with Crippen LogP contribution in [0.1, 0.15) is 6.92 Å². The second kappa shape index (κ2) is 5.59. The fourth-order valence-corrected chi connectivity index (χ4v) is 1.24. The zero-order chi connectivity index (χ0) is 10.4. The molecule has 1 rings (SSSR count). The van der Waals surface area contributed by atoms with Gasteiger partial charge in [-0.05, 0) is 35.0 Å². The van der Waals surface area contributed by atoms with E-state index in [0.717, 1.165) is 0 Å². The van der Waals surface area contributed by atoms with Gasteiger partial charge >= 0.3 is 0 Å². The monoisotopic (exact) mass is 258 g/mol. The highest BCUT2D eigenvalue weighted by molar-refractivity contribution is 9.10. The predicted molar refractivity (Wildman–Crippen MR) is 56.1 cm³/mol. The highest BCUT2D eigenvalue weighted by atomic mass is 79.9. The van der Waals surface area contributed by atoms with E-state index >= 15 is 0 Å². The molecule has 1 N–H and O–H groups in total. The molecule has 0 bridgehead atoms. The Balaban J connectivity index is 2.46. The van der Waals surface area contributed by atoms with Crippen LogP contribution in [-0.2, 0) is 4.79 Å². The van der Waals surface area contributed by atoms with Crippen molar-refractivity contribution in [3.05, 3.63) is 22.9 Å². The van der Waals surface area contributed by atoms with Gasteiger partial charge in [-0.1, -0.05) is 0 Å². The van der Waals surface area contributed by atoms with Gasteiger partial charge in [-0.2, -0.15) is 0 Å². The first kappa shape index (κ1) is 11.0. The molecule has 4 nitrogen and oxygen atoms in total. The number of nitrogens with zero attached hydrogens (tertiary/aromatic N) is 1. The van der Waals surface area contributed by atoms with Crippen molar-refractivity contribution in [3.63, 3.8) is 0 Å². The summed E-state index contributed by atoms with van der Waals surface area (Å²) in [6.45, 7) is 2.48. The Kier molecular flexibility index (Phi) is 4.39. The van der Waals surface area contributed by atoms with Crippen LogP contribution in [-0.4, -0.2) is 24.0 Å². The highest BCUT2D eigenvalue weighted by Crippen LogP contribution is 2.20. The van der Waals surface area contributed by atoms with Crippen LogP contribution < -0.4 is 10.1 Å². The summed E-state index contributed by atoms with van der Waals surface area (Å²) in [5.41, 5.74) is 0. The summed E-state index contributed by atoms with van der Waals surface area (Å²) in [7, 11) is 0. The summed E-state index contributed by atoms with van der Waals surface area (Å²) < 4.78 is 5.83. The van der Waals surface area contributed by atoms with Crippen molar-refractivity contribution < 1.29 is 9.53 Å². The van der Waals surface area contributed by atoms with Gasteiger partial charge in [0.2, 0.25) is 0 Å². The number of carbonyl (C=O) groups excluding carboxylic acids is 1. The third kappa shape index (κ3) is 3.33. The SMILES string of the molecule is CCNC(=O)COc1cccnc1Br. The van der Waals surface area contributed by atoms with Crippen molar-refractivity contribution in [2.75, 3.05) is 13.2 Å². The summed E-state index contributed by atoms with van der Waals surface area (Å²) in [5, 5.41) is 2.64. The van der Waals surface area contributed by atoms with Gasteiger partial charge < -0.3 is 10.1 Å². The van der Waals surface area contributed by atoms with Crippen LogP contribution in [0.2, 0.25) is 0 Å². The highest BCUT2D eigenvalue weighted by Gasteiger charge is 2.03. The molecule has 14 heavy (non-hydrogen) atoms. The van der Waals surface area contributed by atoms with Crippen LogP contribution in [0.3, 0.4) is 0 Å². The fourth-order valence-electron chi connectivity index (χ4n) is 0.870. The fraction of sp³-hybridized carbons (Fsp3) is 0.333. The minimum absolute atomic E-state index is 0.0120. The number of halogens is 1. The first-order chi connectivity index (χ1) is 6.74. The number of rotatable bonds is 4. The van der Waals surface area contributed by atoms with Gasteiger partial charge in [-0.3, -0.25) is 4.79 Å². The van der Waals surface area contributed by atoms with E-state index in [1.165, 1.54) is 0 Å². The lowest BCUT2D eigenvalue weighted by atomic mass is 10.5. The first-order valence-electron chi connectivity index (χ1n) is 4.24. The van der Waals surface area contributed by atoms with Crippen molar-refractivity contribution in [3.8, 4) is 5.75 Å². The van der Waals surface area contributed by atoms with Gasteiger partial charge in [-0.25, -0.2) is 4.98 Å². The molecule has 5 heteroatoms. The Hall–Kier alpha value is -1.10. The number of aromatic nitrogens is 1. The van der Waals surface area contributed by atoms with E-state index in [-0.39, 0.29) is 12.5 Å². The van der Waals surface area contributed by atoms with E-state index < -0.39 is 0 Å². The number of amides is 1. The molecule has 1 aromatic heterocycles. The second-order valence-electron chi connectivity index (χ2n) is 2.53. The Morgan fingerprint density at radius 1 is 1.71 bits per heavy atom. The number of ether oxygens (including phenoxy) is 1. The van der Waals surface area contributed by atoms with E-state index in [9.17, 15) is 4.79 Å². The molecule has 0 aliphatic carbocycles. The molecule has 1 aromatic rings. The lowest BCUT2D eigenvalue weighted by molar-refractivity contribution is -0.122. The summed E-state index contributed by atoms with van der Waals surface area (Å²) in [5.74, 6) is 0.432. The van der Waals surface area contributed by atoms with E-state index in [1.54, 1.807) is 18.3 Å². The molecule has 0 fully saturated rings. The van der Waals surface area contributed by atoms with Gasteiger partial charge in [0, 0.05) is 12.7 Å². The lowest BCUT2D eigenvalue weighted by Crippen LogP contribution is -2.28. The van der Waals surface area contributed by atoms with Crippen molar-refractivity contribution in [2.24, 2.45) is 0 Å². The number of nitrogens with one attached hydrogen (secondary N) is 1. The number of hydrogen-bond acceptors (Lipinski definition) is 3. The zero-order valence-corrected chi connectivity index (χ0v) is 9.37. The molecule has 0 atom stereocenters. The Morgan fingerprint density at radius 2 is 2.50 bits per heavy atom. The van der Waals surface area contributed by atoms with Crippen molar-refractivity contribution >= 4 is 21.8 Å². The van der Waals surface area contributed by atoms with Gasteiger partial charge in [0.25, 0.3) is 5.91 Å². The first-order valence-corrected chi connectivity index (χ1v) is 5.03. The molecule has 1 amide bonds. The molecule has 0 aromatic carbocycles. The topological polar surface area (TPSA) is 51.2 Å². The molecule has 0 radical (unpaired) electrons. The minimum Gasteiger partial charge on any atom is -0.481 e. The predicted octanol–water partition coefficient (Wildman–Crippen LogP) is 1.36. The van der Waals surface area contributed by atoms with Crippen molar-refractivity contribution in [1.82, 2.24) is 10.3 Å². The van der Waals surface area contributed by atoms with Crippen molar-refractivity contribution in [1.29, 1.82) is 0 Å². The molecule has 0 spiro atoms. The number of pyridine rings is 1. The second-order valence-corrected chi connectivity index (χ2v) is 3.29. The van der Waals surface area contributed by atoms with Gasteiger partial charge in [-0.15, -0.1) is 0 Å². The molecular weight excluding hydrogens is 248 g/mol. The normalized spacial score (nSPS) is 9.57. The molecule has 0 unspecified atom stereocenters. The maximum Gasteiger partial charge on any atom is 0.257 e. The zero-order valence-electron chi connectivity index (χ0n) is 7.79. The van der Waals surface area contributed by atoms with Crippen LogP contribution >= 0.6 is 15.9 Å². The Morgan fingerprint density at radius 3 is 3.14 bits per heavy atom. The average Bonchev–Trinajstić information content (AvgIpc) is 2.17. The summed E-state index contributed by atoms with van der Waals surface area (Å²) in [6.07, 6.45) is 1.64. The van der Waals surface area contributed by atoms with E-state index in [2.05, 4.69) is 26.2 Å². The quantitative estimate of drug-likeness (QED) is 0.830. The smallest absolute Gasteiger partial charge is 0.257 e. The minimum atomic E-state index is -0.136. The van der Waals surface area contributed by atoms with Crippen LogP contribution in [0.5, 0.6) is 5.75 Å². The molecule has 0 aliphatic rings. The molecule has 0 saturated heterocycles. The lowest BCUT2D eigenvalue weighted by Gasteiger charge is -2.06. The van der Waals surface area contributed by atoms with Gasteiger partial charge in [0.1, 0.15) is 4.60 Å². The number of carbonyl (C=O) groups is 1. The summed E-state index contributed by atoms with van der Waals surface area (Å²) in [4.78, 5) is 15.0. The maximum atomic E-state index is 11.1. The molecular formula is C9H11BrN2O2. The van der Waals surface area contributed by atoms with Crippen LogP contribution in [0.25, 0.3) is 0 Å². The van der Waals surface area contributed by atoms with E-state index in [1.807, 2.05) is 6.92 Å². The summed E-state index contributed by atoms with van der Waals surface area (Å²) in [6, 6.07) is 3.49. The maximum absolute atomic E-state index is 11.1. The largest absolute Gasteiger partial charge is 0.481 e. The van der Waals surface area contributed by atoms with Crippen LogP contribution in [0.15, 0.2) is 22.9 Å². The number of hydrogen-bond donors (Lipinski definition) is 1. The number of likely N-dealkylation sites (N-methyl/N-ethyl adjacent to an activating group) is 1. The standard InChI is InChI=1S/C9H11BrN2O2/c1-2-11-8(13)6-14-7-4-3-5-12-9(7)10/h3-5H,2,6H2,1H3,(H,11,13). The van der Waals surface area contributed by atoms with Crippen molar-refractivity contribution in [2.45, 2.75) is 6.92 Å². The van der Waals surface area contributed by atoms with Gasteiger partial charge in [0.15, 0.2) is 12.4 Å². The molecule has 1 heterocycles. The van der Waals surface area contributed by atoms with E-state index in [4.69, 9.17) is 4.74 Å².